The molecule has 3 rings (SSSR count). The standard InChI is InChI=1S/C19H23N3O2.ClH/c1-24-18-10-3-2-6-14(18)12-21-19(23)13-22-11-5-7-15-16(20)8-4-9-17(15)22;/h2-4,6,8-10H,5,7,11-13,20H2,1H3,(H,21,23);1H. The van der Waals surface area contributed by atoms with Crippen molar-refractivity contribution in [2.24, 2.45) is 0 Å². The molecule has 0 aliphatic carbocycles. The summed E-state index contributed by atoms with van der Waals surface area (Å²) in [5, 5.41) is 2.97. The normalized spacial score (nSPS) is 12.8. The Morgan fingerprint density at radius 2 is 2.04 bits per heavy atom. The zero-order valence-electron chi connectivity index (χ0n) is 14.3. The summed E-state index contributed by atoms with van der Waals surface area (Å²) in [5.74, 6) is 0.782. The van der Waals surface area contributed by atoms with Crippen LogP contribution in [0.15, 0.2) is 42.5 Å². The van der Waals surface area contributed by atoms with E-state index < -0.39 is 0 Å². The minimum atomic E-state index is -0.00354. The average Bonchev–Trinajstić information content (AvgIpc) is 2.61. The molecule has 0 aromatic heterocycles. The number of methoxy groups -OCH3 is 1. The SMILES string of the molecule is COc1ccccc1CNC(=O)CN1CCCc2c(N)cccc21.Cl. The molecule has 0 fully saturated rings. The molecule has 2 aromatic rings. The van der Waals surface area contributed by atoms with Crippen molar-refractivity contribution in [3.8, 4) is 5.75 Å². The Morgan fingerprint density at radius 3 is 2.84 bits per heavy atom. The maximum absolute atomic E-state index is 12.4. The lowest BCUT2D eigenvalue weighted by Crippen LogP contribution is -2.39. The summed E-state index contributed by atoms with van der Waals surface area (Å²) in [6, 6.07) is 13.6. The van der Waals surface area contributed by atoms with Crippen LogP contribution in [0.3, 0.4) is 0 Å². The number of fused-ring (bicyclic) bond motifs is 1. The predicted molar refractivity (Wildman–Crippen MR) is 103 cm³/mol. The molecule has 0 saturated carbocycles. The fourth-order valence-corrected chi connectivity index (χ4v) is 3.16. The van der Waals surface area contributed by atoms with Crippen LogP contribution in [0.2, 0.25) is 0 Å². The van der Waals surface area contributed by atoms with Crippen LogP contribution in [0.5, 0.6) is 5.75 Å². The van der Waals surface area contributed by atoms with E-state index in [0.29, 0.717) is 13.1 Å². The number of ether oxygens (including phenoxy) is 1. The van der Waals surface area contributed by atoms with Crippen molar-refractivity contribution in [1.29, 1.82) is 0 Å². The number of carbonyl (C=O) groups is 1. The first-order chi connectivity index (χ1) is 11.7. The molecule has 1 heterocycles. The van der Waals surface area contributed by atoms with Gasteiger partial charge in [0, 0.05) is 30.0 Å². The number of nitrogen functional groups attached to an aromatic ring is 1. The zero-order chi connectivity index (χ0) is 16.9. The summed E-state index contributed by atoms with van der Waals surface area (Å²) in [7, 11) is 1.63. The van der Waals surface area contributed by atoms with Gasteiger partial charge in [-0.05, 0) is 36.6 Å². The lowest BCUT2D eigenvalue weighted by molar-refractivity contribution is -0.119. The van der Waals surface area contributed by atoms with Gasteiger partial charge in [0.05, 0.1) is 13.7 Å². The van der Waals surface area contributed by atoms with Gasteiger partial charge in [-0.25, -0.2) is 0 Å². The summed E-state index contributed by atoms with van der Waals surface area (Å²) < 4.78 is 5.31. The summed E-state index contributed by atoms with van der Waals surface area (Å²) in [5.41, 5.74) is 10.1. The van der Waals surface area contributed by atoms with Crippen LogP contribution in [0, 0.1) is 0 Å². The van der Waals surface area contributed by atoms with E-state index in [1.807, 2.05) is 42.5 Å². The summed E-state index contributed by atoms with van der Waals surface area (Å²) in [6.45, 7) is 1.67. The van der Waals surface area contributed by atoms with Gasteiger partial charge in [0.25, 0.3) is 0 Å². The van der Waals surface area contributed by atoms with Crippen LogP contribution in [-0.2, 0) is 17.8 Å². The molecule has 0 bridgehead atoms. The second-order valence-electron chi connectivity index (χ2n) is 5.96. The Kier molecular flexibility index (Phi) is 6.53. The van der Waals surface area contributed by atoms with E-state index in [-0.39, 0.29) is 18.3 Å². The van der Waals surface area contributed by atoms with Crippen molar-refractivity contribution in [2.45, 2.75) is 19.4 Å². The maximum atomic E-state index is 12.4. The number of hydrogen-bond acceptors (Lipinski definition) is 4. The average molecular weight is 362 g/mol. The monoisotopic (exact) mass is 361 g/mol. The summed E-state index contributed by atoms with van der Waals surface area (Å²) in [4.78, 5) is 14.5. The van der Waals surface area contributed by atoms with Crippen LogP contribution < -0.4 is 20.7 Å². The van der Waals surface area contributed by atoms with Crippen molar-refractivity contribution < 1.29 is 9.53 Å². The Bertz CT molecular complexity index is 736. The van der Waals surface area contributed by atoms with Crippen LogP contribution in [0.4, 0.5) is 11.4 Å². The molecule has 1 aliphatic heterocycles. The first-order valence-corrected chi connectivity index (χ1v) is 8.20. The molecule has 0 unspecified atom stereocenters. The third kappa shape index (κ3) is 4.37. The topological polar surface area (TPSA) is 67.6 Å². The van der Waals surface area contributed by atoms with Gasteiger partial charge < -0.3 is 20.7 Å². The molecule has 0 radical (unpaired) electrons. The first-order valence-electron chi connectivity index (χ1n) is 8.20. The molecule has 134 valence electrons. The molecule has 6 heteroatoms. The summed E-state index contributed by atoms with van der Waals surface area (Å²) >= 11 is 0. The van der Waals surface area contributed by atoms with Crippen molar-refractivity contribution in [3.63, 3.8) is 0 Å². The number of rotatable bonds is 5. The lowest BCUT2D eigenvalue weighted by atomic mass is 10.00. The molecule has 3 N–H and O–H groups in total. The number of carbonyl (C=O) groups excluding carboxylic acids is 1. The number of halogens is 1. The number of hydrogen-bond donors (Lipinski definition) is 2. The highest BCUT2D eigenvalue weighted by molar-refractivity contribution is 5.85. The smallest absolute Gasteiger partial charge is 0.239 e. The Hall–Kier alpha value is -2.40. The van der Waals surface area contributed by atoms with Crippen molar-refractivity contribution in [2.75, 3.05) is 30.8 Å². The Morgan fingerprint density at radius 1 is 1.24 bits per heavy atom. The van der Waals surface area contributed by atoms with E-state index in [9.17, 15) is 4.79 Å². The highest BCUT2D eigenvalue weighted by Crippen LogP contribution is 2.30. The van der Waals surface area contributed by atoms with E-state index in [4.69, 9.17) is 10.5 Å². The van der Waals surface area contributed by atoms with Gasteiger partial charge in [0.15, 0.2) is 0 Å². The maximum Gasteiger partial charge on any atom is 0.239 e. The summed E-state index contributed by atoms with van der Waals surface area (Å²) in [6.07, 6.45) is 1.99. The molecule has 0 saturated heterocycles. The van der Waals surface area contributed by atoms with Crippen LogP contribution >= 0.6 is 12.4 Å². The van der Waals surface area contributed by atoms with Gasteiger partial charge >= 0.3 is 0 Å². The highest BCUT2D eigenvalue weighted by Gasteiger charge is 2.20. The molecule has 0 spiro atoms. The largest absolute Gasteiger partial charge is 0.496 e. The van der Waals surface area contributed by atoms with Gasteiger partial charge in [-0.1, -0.05) is 24.3 Å². The third-order valence-corrected chi connectivity index (χ3v) is 4.39. The highest BCUT2D eigenvalue weighted by atomic mass is 35.5. The van der Waals surface area contributed by atoms with Crippen LogP contribution in [0.1, 0.15) is 17.5 Å². The van der Waals surface area contributed by atoms with E-state index in [1.165, 1.54) is 0 Å². The lowest BCUT2D eigenvalue weighted by Gasteiger charge is -2.31. The van der Waals surface area contributed by atoms with E-state index in [2.05, 4.69) is 10.2 Å². The molecule has 5 nitrogen and oxygen atoms in total. The Labute approximate surface area is 154 Å². The molecule has 1 aliphatic rings. The number of amides is 1. The predicted octanol–water partition coefficient (Wildman–Crippen LogP) is 2.77. The zero-order valence-corrected chi connectivity index (χ0v) is 15.1. The minimum absolute atomic E-state index is 0. The quantitative estimate of drug-likeness (QED) is 0.803. The van der Waals surface area contributed by atoms with Crippen molar-refractivity contribution in [3.05, 3.63) is 53.6 Å². The van der Waals surface area contributed by atoms with Crippen LogP contribution in [-0.4, -0.2) is 26.1 Å². The number of benzene rings is 2. The van der Waals surface area contributed by atoms with Crippen molar-refractivity contribution in [1.82, 2.24) is 5.32 Å². The van der Waals surface area contributed by atoms with Gasteiger partial charge in [-0.2, -0.15) is 0 Å². The van der Waals surface area contributed by atoms with Gasteiger partial charge in [0.2, 0.25) is 5.91 Å². The van der Waals surface area contributed by atoms with Crippen LogP contribution in [0.25, 0.3) is 0 Å². The molecular weight excluding hydrogens is 338 g/mol. The first kappa shape index (κ1) is 18.9. The number of nitrogens with one attached hydrogen (secondary N) is 1. The molecule has 1 amide bonds. The van der Waals surface area contributed by atoms with Gasteiger partial charge in [-0.3, -0.25) is 4.79 Å². The van der Waals surface area contributed by atoms with Gasteiger partial charge in [0.1, 0.15) is 5.75 Å². The molecule has 25 heavy (non-hydrogen) atoms. The Balaban J connectivity index is 0.00000225. The second-order valence-corrected chi connectivity index (χ2v) is 5.96. The minimum Gasteiger partial charge on any atom is -0.496 e. The molecule has 2 aromatic carbocycles. The fraction of sp³-hybridized carbons (Fsp3) is 0.316. The number of nitrogens with zero attached hydrogens (tertiary/aromatic N) is 1. The number of para-hydroxylation sites is 1. The van der Waals surface area contributed by atoms with E-state index >= 15 is 0 Å². The fourth-order valence-electron chi connectivity index (χ4n) is 3.16. The third-order valence-electron chi connectivity index (χ3n) is 4.39. The molecular formula is C19H24ClN3O2. The van der Waals surface area contributed by atoms with E-state index in [0.717, 1.165) is 47.6 Å². The second kappa shape index (κ2) is 8.62. The number of anilines is 2. The number of nitrogens with two attached hydrogens (primary N) is 1. The molecule has 0 atom stereocenters. The van der Waals surface area contributed by atoms with Gasteiger partial charge in [-0.15, -0.1) is 12.4 Å². The van der Waals surface area contributed by atoms with E-state index in [1.54, 1.807) is 7.11 Å². The van der Waals surface area contributed by atoms with Crippen molar-refractivity contribution >= 4 is 29.7 Å².